The maximum atomic E-state index is 12.0. The van der Waals surface area contributed by atoms with Crippen LogP contribution in [0.15, 0.2) is 47.8 Å². The molecule has 0 bridgehead atoms. The molecule has 23 heavy (non-hydrogen) atoms. The van der Waals surface area contributed by atoms with Crippen LogP contribution in [-0.2, 0) is 16.2 Å². The van der Waals surface area contributed by atoms with E-state index in [0.717, 1.165) is 5.56 Å². The molecule has 1 aromatic heterocycles. The third-order valence-electron chi connectivity index (χ3n) is 3.01. The number of oxime groups is 1. The van der Waals surface area contributed by atoms with Crippen LogP contribution in [0.4, 0.5) is 0 Å². The molecule has 1 aromatic carbocycles. The van der Waals surface area contributed by atoms with E-state index in [4.69, 9.17) is 21.2 Å². The van der Waals surface area contributed by atoms with E-state index in [0.29, 0.717) is 11.3 Å². The molecule has 0 aliphatic carbocycles. The van der Waals surface area contributed by atoms with E-state index in [1.54, 1.807) is 24.4 Å². The van der Waals surface area contributed by atoms with Crippen LogP contribution in [0.5, 0.6) is 5.75 Å². The summed E-state index contributed by atoms with van der Waals surface area (Å²) in [7, 11) is 2.92. The maximum absolute atomic E-state index is 12.0. The first-order valence-electron chi connectivity index (χ1n) is 6.82. The van der Waals surface area contributed by atoms with Crippen LogP contribution in [0.1, 0.15) is 11.1 Å². The number of carbonyl (C=O) groups excluding carboxylic acids is 1. The second-order valence-corrected chi connectivity index (χ2v) is 4.80. The van der Waals surface area contributed by atoms with Crippen LogP contribution >= 0.6 is 11.6 Å². The van der Waals surface area contributed by atoms with Gasteiger partial charge in [-0.3, -0.25) is 4.79 Å². The standard InChI is InChI=1S/C16H16ClN3O3/c1-18-16(21)14(20-22-2)12-7-4-3-6-11(12)10-23-13-8-5-9-19-15(13)17/h3-9H,10H2,1-2H3,(H,18,21)/b20-14+. The van der Waals surface area contributed by atoms with E-state index in [2.05, 4.69) is 15.5 Å². The van der Waals surface area contributed by atoms with Crippen LogP contribution in [0.3, 0.4) is 0 Å². The Morgan fingerprint density at radius 2 is 2.09 bits per heavy atom. The number of nitrogens with one attached hydrogen (secondary N) is 1. The topological polar surface area (TPSA) is 72.8 Å². The quantitative estimate of drug-likeness (QED) is 0.500. The molecule has 0 fully saturated rings. The van der Waals surface area contributed by atoms with Gasteiger partial charge in [-0.05, 0) is 17.7 Å². The molecule has 7 heteroatoms. The predicted octanol–water partition coefficient (Wildman–Crippen LogP) is 2.41. The van der Waals surface area contributed by atoms with E-state index < -0.39 is 0 Å². The van der Waals surface area contributed by atoms with Crippen molar-refractivity contribution in [3.8, 4) is 5.75 Å². The Morgan fingerprint density at radius 1 is 1.30 bits per heavy atom. The number of aromatic nitrogens is 1. The van der Waals surface area contributed by atoms with E-state index in [1.807, 2.05) is 18.2 Å². The summed E-state index contributed by atoms with van der Waals surface area (Å²) in [5.41, 5.74) is 1.56. The van der Waals surface area contributed by atoms with E-state index in [9.17, 15) is 4.79 Å². The highest BCUT2D eigenvalue weighted by atomic mass is 35.5. The molecule has 2 aromatic rings. The third kappa shape index (κ3) is 4.20. The van der Waals surface area contributed by atoms with Gasteiger partial charge < -0.3 is 14.9 Å². The molecular formula is C16H16ClN3O3. The molecule has 1 heterocycles. The highest BCUT2D eigenvalue weighted by Crippen LogP contribution is 2.22. The Balaban J connectivity index is 2.28. The zero-order chi connectivity index (χ0) is 16.7. The lowest BCUT2D eigenvalue weighted by Crippen LogP contribution is -2.29. The number of hydrogen-bond acceptors (Lipinski definition) is 5. The molecule has 0 aliphatic rings. The van der Waals surface area contributed by atoms with Crippen LogP contribution in [0.25, 0.3) is 0 Å². The zero-order valence-electron chi connectivity index (χ0n) is 12.7. The Labute approximate surface area is 139 Å². The van der Waals surface area contributed by atoms with Crippen molar-refractivity contribution in [3.05, 3.63) is 58.9 Å². The first kappa shape index (κ1) is 16.8. The van der Waals surface area contributed by atoms with Crippen molar-refractivity contribution in [1.29, 1.82) is 0 Å². The van der Waals surface area contributed by atoms with Gasteiger partial charge in [0, 0.05) is 18.8 Å². The minimum absolute atomic E-state index is 0.173. The monoisotopic (exact) mass is 333 g/mol. The van der Waals surface area contributed by atoms with Crippen molar-refractivity contribution in [2.75, 3.05) is 14.2 Å². The van der Waals surface area contributed by atoms with Gasteiger partial charge in [0.15, 0.2) is 16.6 Å². The zero-order valence-corrected chi connectivity index (χ0v) is 13.5. The highest BCUT2D eigenvalue weighted by molar-refractivity contribution is 6.45. The number of likely N-dealkylation sites (N-methyl/N-ethyl adjacent to an activating group) is 1. The summed E-state index contributed by atoms with van der Waals surface area (Å²) in [6, 6.07) is 10.7. The van der Waals surface area contributed by atoms with Crippen LogP contribution in [0, 0.1) is 0 Å². The molecule has 120 valence electrons. The summed E-state index contributed by atoms with van der Waals surface area (Å²) >= 11 is 5.97. The Kier molecular flexibility index (Phi) is 5.94. The van der Waals surface area contributed by atoms with Gasteiger partial charge in [-0.1, -0.05) is 41.0 Å². The number of pyridine rings is 1. The first-order chi connectivity index (χ1) is 11.2. The van der Waals surface area contributed by atoms with Crippen molar-refractivity contribution in [3.63, 3.8) is 0 Å². The number of halogens is 1. The number of ether oxygens (including phenoxy) is 1. The largest absolute Gasteiger partial charge is 0.486 e. The molecule has 1 N–H and O–H groups in total. The predicted molar refractivity (Wildman–Crippen MR) is 87.6 cm³/mol. The molecule has 0 spiro atoms. The van der Waals surface area contributed by atoms with Gasteiger partial charge in [0.25, 0.3) is 5.91 Å². The molecule has 0 radical (unpaired) electrons. The summed E-state index contributed by atoms with van der Waals surface area (Å²) in [6.45, 7) is 0.210. The average molecular weight is 334 g/mol. The van der Waals surface area contributed by atoms with Gasteiger partial charge in [0.2, 0.25) is 0 Å². The summed E-state index contributed by atoms with van der Waals surface area (Å²) in [4.78, 5) is 20.7. The fraction of sp³-hybridized carbons (Fsp3) is 0.188. The van der Waals surface area contributed by atoms with Crippen LogP contribution < -0.4 is 10.1 Å². The van der Waals surface area contributed by atoms with Crippen molar-refractivity contribution < 1.29 is 14.4 Å². The highest BCUT2D eigenvalue weighted by Gasteiger charge is 2.17. The maximum Gasteiger partial charge on any atom is 0.273 e. The van der Waals surface area contributed by atoms with Gasteiger partial charge >= 0.3 is 0 Å². The number of amides is 1. The minimum Gasteiger partial charge on any atom is -0.486 e. The number of hydrogen-bond donors (Lipinski definition) is 1. The molecule has 0 aliphatic heterocycles. The summed E-state index contributed by atoms with van der Waals surface area (Å²) in [5.74, 6) is 0.118. The van der Waals surface area contributed by atoms with E-state index in [-0.39, 0.29) is 23.4 Å². The molecule has 0 unspecified atom stereocenters. The van der Waals surface area contributed by atoms with Crippen molar-refractivity contribution in [2.45, 2.75) is 6.61 Å². The SMILES string of the molecule is CNC(=O)/C(=N/OC)c1ccccc1COc1cccnc1Cl. The number of carbonyl (C=O) groups is 1. The summed E-state index contributed by atoms with van der Waals surface area (Å²) in [5, 5.41) is 6.63. The number of nitrogens with zero attached hydrogens (tertiary/aromatic N) is 2. The average Bonchev–Trinajstić information content (AvgIpc) is 2.59. The van der Waals surface area contributed by atoms with Gasteiger partial charge in [0.1, 0.15) is 13.7 Å². The molecule has 0 saturated carbocycles. The van der Waals surface area contributed by atoms with Gasteiger partial charge in [-0.2, -0.15) is 0 Å². The molecule has 6 nitrogen and oxygen atoms in total. The van der Waals surface area contributed by atoms with Gasteiger partial charge in [0.05, 0.1) is 0 Å². The first-order valence-corrected chi connectivity index (χ1v) is 7.20. The Hall–Kier alpha value is -2.60. The second-order valence-electron chi connectivity index (χ2n) is 4.44. The fourth-order valence-corrected chi connectivity index (χ4v) is 2.11. The van der Waals surface area contributed by atoms with Crippen molar-refractivity contribution in [2.24, 2.45) is 5.16 Å². The van der Waals surface area contributed by atoms with Crippen LogP contribution in [-0.4, -0.2) is 30.8 Å². The van der Waals surface area contributed by atoms with Crippen molar-refractivity contribution in [1.82, 2.24) is 10.3 Å². The molecule has 1 amide bonds. The number of benzene rings is 1. The lowest BCUT2D eigenvalue weighted by atomic mass is 10.0. The third-order valence-corrected chi connectivity index (χ3v) is 3.29. The summed E-state index contributed by atoms with van der Waals surface area (Å²) in [6.07, 6.45) is 1.58. The minimum atomic E-state index is -0.348. The van der Waals surface area contributed by atoms with Gasteiger partial charge in [-0.15, -0.1) is 0 Å². The molecule has 2 rings (SSSR count). The second kappa shape index (κ2) is 8.14. The van der Waals surface area contributed by atoms with Crippen LogP contribution in [0.2, 0.25) is 5.15 Å². The lowest BCUT2D eigenvalue weighted by molar-refractivity contribution is -0.114. The normalized spacial score (nSPS) is 11.0. The lowest BCUT2D eigenvalue weighted by Gasteiger charge is -2.12. The smallest absolute Gasteiger partial charge is 0.273 e. The molecular weight excluding hydrogens is 318 g/mol. The Morgan fingerprint density at radius 3 is 2.78 bits per heavy atom. The van der Waals surface area contributed by atoms with E-state index in [1.165, 1.54) is 14.2 Å². The van der Waals surface area contributed by atoms with Gasteiger partial charge in [-0.25, -0.2) is 4.98 Å². The molecule has 0 saturated heterocycles. The number of rotatable bonds is 6. The fourth-order valence-electron chi connectivity index (χ4n) is 1.93. The Bertz CT molecular complexity index is 719. The van der Waals surface area contributed by atoms with Crippen molar-refractivity contribution >= 4 is 23.2 Å². The molecule has 0 atom stereocenters. The van der Waals surface area contributed by atoms with E-state index >= 15 is 0 Å². The summed E-state index contributed by atoms with van der Waals surface area (Å²) < 4.78 is 5.68.